The maximum absolute atomic E-state index is 12.3. The second kappa shape index (κ2) is 7.97. The number of fused-ring (bicyclic) bond motifs is 1. The fourth-order valence-electron chi connectivity index (χ4n) is 2.91. The van der Waals surface area contributed by atoms with Crippen molar-refractivity contribution in [1.29, 1.82) is 0 Å². The predicted molar refractivity (Wildman–Crippen MR) is 106 cm³/mol. The van der Waals surface area contributed by atoms with Crippen LogP contribution in [-0.4, -0.2) is 22.2 Å². The summed E-state index contributed by atoms with van der Waals surface area (Å²) in [7, 11) is 0. The number of para-hydroxylation sites is 1. The number of carbonyl (C=O) groups is 1. The molecule has 8 heteroatoms. The predicted octanol–water partition coefficient (Wildman–Crippen LogP) is 2.43. The number of hydrogen-bond donors (Lipinski definition) is 1. The van der Waals surface area contributed by atoms with Crippen molar-refractivity contribution in [1.82, 2.24) is 15.1 Å². The quantitative estimate of drug-likeness (QED) is 0.400. The van der Waals surface area contributed by atoms with E-state index in [0.29, 0.717) is 35.4 Å². The van der Waals surface area contributed by atoms with E-state index >= 15 is 0 Å². The monoisotopic (exact) mass is 391 g/mol. The van der Waals surface area contributed by atoms with Crippen LogP contribution in [0.3, 0.4) is 0 Å². The zero-order valence-corrected chi connectivity index (χ0v) is 15.3. The molecule has 0 spiro atoms. The summed E-state index contributed by atoms with van der Waals surface area (Å²) in [6.07, 6.45) is 1.99. The number of benzene rings is 1. The van der Waals surface area contributed by atoms with Crippen molar-refractivity contribution < 1.29 is 13.6 Å². The van der Waals surface area contributed by atoms with E-state index in [4.69, 9.17) is 8.83 Å². The Balaban J connectivity index is 1.39. The molecule has 0 aliphatic rings. The minimum Gasteiger partial charge on any atom is -0.463 e. The van der Waals surface area contributed by atoms with Gasteiger partial charge in [0.2, 0.25) is 0 Å². The fraction of sp³-hybridized carbons (Fsp3) is 0.143. The lowest BCUT2D eigenvalue weighted by Crippen LogP contribution is -2.30. The van der Waals surface area contributed by atoms with E-state index in [0.717, 1.165) is 0 Å². The molecule has 29 heavy (non-hydrogen) atoms. The molecule has 0 bridgehead atoms. The van der Waals surface area contributed by atoms with Crippen molar-refractivity contribution in [2.75, 3.05) is 6.54 Å². The Morgan fingerprint density at radius 3 is 2.76 bits per heavy atom. The first-order valence-electron chi connectivity index (χ1n) is 9.05. The van der Waals surface area contributed by atoms with Gasteiger partial charge in [-0.1, -0.05) is 18.2 Å². The average Bonchev–Trinajstić information content (AvgIpc) is 3.26. The Morgan fingerprint density at radius 1 is 1.07 bits per heavy atom. The number of nitrogens with zero attached hydrogens (tertiary/aromatic N) is 2. The van der Waals surface area contributed by atoms with Crippen LogP contribution in [0.2, 0.25) is 0 Å². The lowest BCUT2D eigenvalue weighted by atomic mass is 10.2. The van der Waals surface area contributed by atoms with Gasteiger partial charge in [-0.15, -0.1) is 0 Å². The highest BCUT2D eigenvalue weighted by Crippen LogP contribution is 2.15. The summed E-state index contributed by atoms with van der Waals surface area (Å²) in [6.45, 7) is 0.574. The van der Waals surface area contributed by atoms with Crippen molar-refractivity contribution in [3.05, 3.63) is 87.2 Å². The minimum atomic E-state index is -0.690. The number of hydrogen-bond acceptors (Lipinski definition) is 6. The Morgan fingerprint density at radius 2 is 1.93 bits per heavy atom. The Labute approximate surface area is 164 Å². The summed E-state index contributed by atoms with van der Waals surface area (Å²) in [6, 6.07) is 15.0. The minimum absolute atomic E-state index is 0.0567. The van der Waals surface area contributed by atoms with Gasteiger partial charge in [-0.25, -0.2) is 9.48 Å². The van der Waals surface area contributed by atoms with Crippen molar-refractivity contribution in [2.24, 2.45) is 0 Å². The van der Waals surface area contributed by atoms with Crippen LogP contribution in [0.4, 0.5) is 0 Å². The van der Waals surface area contributed by atoms with Crippen LogP contribution in [0.15, 0.2) is 79.3 Å². The summed E-state index contributed by atoms with van der Waals surface area (Å²) in [4.78, 5) is 36.3. The van der Waals surface area contributed by atoms with Gasteiger partial charge in [-0.2, -0.15) is 5.10 Å². The highest BCUT2D eigenvalue weighted by Gasteiger charge is 2.13. The molecular formula is C21H17N3O5. The smallest absolute Gasteiger partial charge is 0.349 e. The maximum atomic E-state index is 12.3. The number of nitrogens with one attached hydrogen (secondary N) is 1. The van der Waals surface area contributed by atoms with Gasteiger partial charge < -0.3 is 14.2 Å². The largest absolute Gasteiger partial charge is 0.463 e. The van der Waals surface area contributed by atoms with Crippen LogP contribution in [-0.2, 0) is 6.54 Å². The third kappa shape index (κ3) is 4.01. The average molecular weight is 391 g/mol. The summed E-state index contributed by atoms with van der Waals surface area (Å²) in [5.41, 5.74) is -0.0193. The maximum Gasteiger partial charge on any atom is 0.349 e. The van der Waals surface area contributed by atoms with Crippen molar-refractivity contribution >= 4 is 16.9 Å². The van der Waals surface area contributed by atoms with Gasteiger partial charge >= 0.3 is 5.63 Å². The van der Waals surface area contributed by atoms with Gasteiger partial charge in [-0.3, -0.25) is 9.59 Å². The van der Waals surface area contributed by atoms with Crippen molar-refractivity contribution in [2.45, 2.75) is 13.0 Å². The standard InChI is InChI=1S/C21H17N3O5/c25-19-9-8-16(18-7-3-12-28-18)23-24(19)11-4-10-22-20(26)15-13-14-5-1-2-6-17(14)29-21(15)27/h1-3,5-9,12-13H,4,10-11H2,(H,22,26). The molecule has 0 fully saturated rings. The molecule has 3 aromatic heterocycles. The summed E-state index contributed by atoms with van der Waals surface area (Å²) >= 11 is 0. The molecular weight excluding hydrogens is 374 g/mol. The van der Waals surface area contributed by atoms with E-state index in [1.54, 1.807) is 42.5 Å². The van der Waals surface area contributed by atoms with Gasteiger partial charge in [0, 0.05) is 24.5 Å². The van der Waals surface area contributed by atoms with Gasteiger partial charge in [0.15, 0.2) is 5.76 Å². The van der Waals surface area contributed by atoms with Crippen LogP contribution in [0, 0.1) is 0 Å². The second-order valence-electron chi connectivity index (χ2n) is 6.35. The van der Waals surface area contributed by atoms with E-state index in [9.17, 15) is 14.4 Å². The Kier molecular flexibility index (Phi) is 5.07. The van der Waals surface area contributed by atoms with Crippen LogP contribution in [0.1, 0.15) is 16.8 Å². The van der Waals surface area contributed by atoms with Crippen molar-refractivity contribution in [3.63, 3.8) is 0 Å². The molecule has 0 saturated carbocycles. The third-order valence-corrected chi connectivity index (χ3v) is 4.36. The van der Waals surface area contributed by atoms with Gasteiger partial charge in [0.05, 0.1) is 6.26 Å². The zero-order chi connectivity index (χ0) is 20.2. The fourth-order valence-corrected chi connectivity index (χ4v) is 2.91. The number of rotatable bonds is 6. The molecule has 3 heterocycles. The molecule has 146 valence electrons. The highest BCUT2D eigenvalue weighted by atomic mass is 16.4. The number of aromatic nitrogens is 2. The highest BCUT2D eigenvalue weighted by molar-refractivity contribution is 5.96. The molecule has 0 unspecified atom stereocenters. The van der Waals surface area contributed by atoms with E-state index in [2.05, 4.69) is 10.4 Å². The number of aryl methyl sites for hydroxylation is 1. The van der Waals surface area contributed by atoms with Crippen LogP contribution in [0.25, 0.3) is 22.4 Å². The normalized spacial score (nSPS) is 10.9. The van der Waals surface area contributed by atoms with Crippen LogP contribution < -0.4 is 16.5 Å². The second-order valence-corrected chi connectivity index (χ2v) is 6.35. The Bertz CT molecular complexity index is 1270. The first kappa shape index (κ1) is 18.4. The lowest BCUT2D eigenvalue weighted by Gasteiger charge is -2.07. The van der Waals surface area contributed by atoms with Crippen LogP contribution in [0.5, 0.6) is 0 Å². The van der Waals surface area contributed by atoms with Gasteiger partial charge in [0.25, 0.3) is 11.5 Å². The lowest BCUT2D eigenvalue weighted by molar-refractivity contribution is 0.0949. The molecule has 0 radical (unpaired) electrons. The molecule has 0 atom stereocenters. The SMILES string of the molecule is O=C(NCCCn1nc(-c2ccco2)ccc1=O)c1cc2ccccc2oc1=O. The van der Waals surface area contributed by atoms with E-state index in [1.807, 2.05) is 0 Å². The summed E-state index contributed by atoms with van der Waals surface area (Å²) in [5.74, 6) is 0.0456. The van der Waals surface area contributed by atoms with E-state index < -0.39 is 11.5 Å². The number of amides is 1. The first-order chi connectivity index (χ1) is 14.1. The molecule has 1 N–H and O–H groups in total. The zero-order valence-electron chi connectivity index (χ0n) is 15.3. The van der Waals surface area contributed by atoms with E-state index in [1.165, 1.54) is 23.1 Å². The number of furan rings is 1. The Hall–Kier alpha value is -3.94. The molecule has 1 amide bonds. The third-order valence-electron chi connectivity index (χ3n) is 4.36. The molecule has 0 aliphatic carbocycles. The van der Waals surface area contributed by atoms with Crippen molar-refractivity contribution in [3.8, 4) is 11.5 Å². The molecule has 4 aromatic rings. The van der Waals surface area contributed by atoms with E-state index in [-0.39, 0.29) is 17.7 Å². The van der Waals surface area contributed by atoms with Gasteiger partial charge in [-0.05, 0) is 36.8 Å². The molecule has 0 aliphatic heterocycles. The molecule has 1 aromatic carbocycles. The molecule has 4 rings (SSSR count). The topological polar surface area (TPSA) is 107 Å². The first-order valence-corrected chi connectivity index (χ1v) is 9.05. The van der Waals surface area contributed by atoms with Gasteiger partial charge in [0.1, 0.15) is 16.8 Å². The molecule has 0 saturated heterocycles. The summed E-state index contributed by atoms with van der Waals surface area (Å²) in [5, 5.41) is 7.62. The summed E-state index contributed by atoms with van der Waals surface area (Å²) < 4.78 is 11.8. The van der Waals surface area contributed by atoms with Crippen LogP contribution >= 0.6 is 0 Å². The molecule has 8 nitrogen and oxygen atoms in total. The number of carbonyl (C=O) groups excluding carboxylic acids is 1.